The summed E-state index contributed by atoms with van der Waals surface area (Å²) in [7, 11) is 0. The summed E-state index contributed by atoms with van der Waals surface area (Å²) in [5.41, 5.74) is 8.83. The Kier molecular flexibility index (Phi) is 3.20. The van der Waals surface area contributed by atoms with Crippen LogP contribution in [0.5, 0.6) is 0 Å². The van der Waals surface area contributed by atoms with E-state index in [1.165, 1.54) is 0 Å². The minimum absolute atomic E-state index is 0.179. The van der Waals surface area contributed by atoms with Gasteiger partial charge < -0.3 is 15.8 Å². The molecule has 0 fully saturated rings. The zero-order valence-electron chi connectivity index (χ0n) is 11.2. The van der Waals surface area contributed by atoms with Crippen LogP contribution in [0.1, 0.15) is 11.1 Å². The van der Waals surface area contributed by atoms with E-state index in [0.717, 1.165) is 16.5 Å². The van der Waals surface area contributed by atoms with E-state index in [4.69, 9.17) is 5.73 Å². The van der Waals surface area contributed by atoms with Crippen LogP contribution in [0.2, 0.25) is 0 Å². The molecule has 4 nitrogen and oxygen atoms in total. The second-order valence-corrected chi connectivity index (χ2v) is 4.74. The number of carbonyl (C=O) groups is 1. The normalized spacial score (nSPS) is 11.7. The highest BCUT2D eigenvalue weighted by molar-refractivity contribution is 6.22. The van der Waals surface area contributed by atoms with Gasteiger partial charge in [-0.25, -0.2) is 4.79 Å². The Morgan fingerprint density at radius 1 is 1.10 bits per heavy atom. The lowest BCUT2D eigenvalue weighted by molar-refractivity contribution is -0.130. The molecule has 0 amide bonds. The van der Waals surface area contributed by atoms with Crippen LogP contribution in [-0.4, -0.2) is 16.1 Å². The molecule has 3 rings (SSSR count). The predicted octanol–water partition coefficient (Wildman–Crippen LogP) is 3.38. The minimum atomic E-state index is -1.00. The average molecular weight is 278 g/mol. The first-order chi connectivity index (χ1) is 10.2. The van der Waals surface area contributed by atoms with Crippen molar-refractivity contribution in [2.24, 2.45) is 0 Å². The second kappa shape index (κ2) is 5.17. The number of rotatable bonds is 3. The first-order valence-corrected chi connectivity index (χ1v) is 6.53. The molecule has 1 heterocycles. The minimum Gasteiger partial charge on any atom is -0.478 e. The summed E-state index contributed by atoms with van der Waals surface area (Å²) in [4.78, 5) is 14.7. The summed E-state index contributed by atoms with van der Waals surface area (Å²) in [6.07, 6.45) is 3.44. The highest BCUT2D eigenvalue weighted by Crippen LogP contribution is 2.27. The molecule has 0 saturated heterocycles. The van der Waals surface area contributed by atoms with Gasteiger partial charge in [0.05, 0.1) is 5.57 Å². The van der Waals surface area contributed by atoms with Crippen LogP contribution in [-0.2, 0) is 4.79 Å². The second-order valence-electron chi connectivity index (χ2n) is 4.74. The third-order valence-corrected chi connectivity index (χ3v) is 3.40. The zero-order valence-corrected chi connectivity index (χ0v) is 11.2. The number of carboxylic acid groups (broad SMARTS) is 1. The van der Waals surface area contributed by atoms with E-state index in [2.05, 4.69) is 4.98 Å². The lowest BCUT2D eigenvalue weighted by Crippen LogP contribution is -2.02. The van der Waals surface area contributed by atoms with Gasteiger partial charge in [0.2, 0.25) is 0 Å². The highest BCUT2D eigenvalue weighted by atomic mass is 16.4. The number of fused-ring (bicyclic) bond motifs is 1. The molecule has 0 radical (unpaired) electrons. The number of benzene rings is 2. The molecule has 0 spiro atoms. The first-order valence-electron chi connectivity index (χ1n) is 6.53. The molecule has 0 atom stereocenters. The maximum Gasteiger partial charge on any atom is 0.336 e. The maximum absolute atomic E-state index is 11.6. The number of aromatic nitrogens is 1. The van der Waals surface area contributed by atoms with Crippen molar-refractivity contribution in [3.05, 3.63) is 65.9 Å². The van der Waals surface area contributed by atoms with Gasteiger partial charge in [-0.2, -0.15) is 0 Å². The van der Waals surface area contributed by atoms with E-state index in [-0.39, 0.29) is 5.57 Å². The molecular weight excluding hydrogens is 264 g/mol. The van der Waals surface area contributed by atoms with Crippen molar-refractivity contribution in [3.63, 3.8) is 0 Å². The summed E-state index contributed by atoms with van der Waals surface area (Å²) >= 11 is 0. The number of anilines is 1. The maximum atomic E-state index is 11.6. The Morgan fingerprint density at radius 3 is 2.57 bits per heavy atom. The number of aromatic amines is 1. The Balaban J connectivity index is 2.18. The molecule has 4 heteroatoms. The van der Waals surface area contributed by atoms with E-state index in [0.29, 0.717) is 11.3 Å². The van der Waals surface area contributed by atoms with Gasteiger partial charge in [0, 0.05) is 33.9 Å². The molecule has 0 aliphatic carbocycles. The molecule has 0 saturated carbocycles. The van der Waals surface area contributed by atoms with E-state index >= 15 is 0 Å². The monoisotopic (exact) mass is 278 g/mol. The van der Waals surface area contributed by atoms with Crippen LogP contribution in [0.15, 0.2) is 54.7 Å². The average Bonchev–Trinajstić information content (AvgIpc) is 2.89. The fourth-order valence-corrected chi connectivity index (χ4v) is 2.37. The van der Waals surface area contributed by atoms with E-state index in [9.17, 15) is 9.90 Å². The Labute approximate surface area is 121 Å². The van der Waals surface area contributed by atoms with Gasteiger partial charge in [0.25, 0.3) is 0 Å². The number of carboxylic acids is 1. The smallest absolute Gasteiger partial charge is 0.336 e. The number of nitrogens with two attached hydrogens (primary N) is 1. The van der Waals surface area contributed by atoms with Crippen LogP contribution in [0.4, 0.5) is 5.69 Å². The lowest BCUT2D eigenvalue weighted by atomic mass is 10.0. The van der Waals surface area contributed by atoms with Gasteiger partial charge in [-0.3, -0.25) is 0 Å². The van der Waals surface area contributed by atoms with Crippen LogP contribution in [0, 0.1) is 0 Å². The molecule has 4 N–H and O–H groups in total. The molecule has 104 valence electrons. The van der Waals surface area contributed by atoms with Crippen LogP contribution in [0.25, 0.3) is 22.6 Å². The number of aliphatic carboxylic acids is 1. The number of nitrogen functional groups attached to an aromatic ring is 1. The third kappa shape index (κ3) is 2.39. The van der Waals surface area contributed by atoms with Crippen molar-refractivity contribution < 1.29 is 9.90 Å². The number of hydrogen-bond donors (Lipinski definition) is 3. The van der Waals surface area contributed by atoms with Crippen molar-refractivity contribution >= 4 is 34.2 Å². The van der Waals surface area contributed by atoms with Crippen molar-refractivity contribution in [3.8, 4) is 0 Å². The molecule has 0 unspecified atom stereocenters. The third-order valence-electron chi connectivity index (χ3n) is 3.40. The number of nitrogens with one attached hydrogen (secondary N) is 1. The first kappa shape index (κ1) is 13.0. The van der Waals surface area contributed by atoms with Gasteiger partial charge in [0.1, 0.15) is 0 Å². The molecule has 3 aromatic rings. The lowest BCUT2D eigenvalue weighted by Gasteiger charge is -2.06. The van der Waals surface area contributed by atoms with E-state index in [1.54, 1.807) is 36.5 Å². The van der Waals surface area contributed by atoms with Gasteiger partial charge in [-0.1, -0.05) is 36.4 Å². The molecule has 0 aliphatic heterocycles. The standard InChI is InChI=1S/C17H14N2O2/c18-15-7-3-1-6-13(15)14(17(20)21)9-11-10-19-16-8-4-2-5-12(11)16/h1-10,19H,18H2,(H,20,21)/b14-9-. The predicted molar refractivity (Wildman–Crippen MR) is 84.7 cm³/mol. The van der Waals surface area contributed by atoms with Crippen LogP contribution >= 0.6 is 0 Å². The summed E-state index contributed by atoms with van der Waals surface area (Å²) < 4.78 is 0. The van der Waals surface area contributed by atoms with Gasteiger partial charge in [0.15, 0.2) is 0 Å². The topological polar surface area (TPSA) is 79.1 Å². The molecule has 1 aromatic heterocycles. The Bertz CT molecular complexity index is 847. The molecule has 2 aromatic carbocycles. The quantitative estimate of drug-likeness (QED) is 0.507. The molecule has 21 heavy (non-hydrogen) atoms. The highest BCUT2D eigenvalue weighted by Gasteiger charge is 2.14. The van der Waals surface area contributed by atoms with Crippen LogP contribution < -0.4 is 5.73 Å². The molecule has 0 aliphatic rings. The summed E-state index contributed by atoms with van der Waals surface area (Å²) in [5, 5.41) is 10.5. The van der Waals surface area contributed by atoms with Crippen molar-refractivity contribution in [2.45, 2.75) is 0 Å². The van der Waals surface area contributed by atoms with Crippen LogP contribution in [0.3, 0.4) is 0 Å². The largest absolute Gasteiger partial charge is 0.478 e. The van der Waals surface area contributed by atoms with E-state index in [1.807, 2.05) is 24.3 Å². The van der Waals surface area contributed by atoms with Crippen molar-refractivity contribution in [2.75, 3.05) is 5.73 Å². The van der Waals surface area contributed by atoms with Gasteiger partial charge in [-0.15, -0.1) is 0 Å². The Hall–Kier alpha value is -3.01. The van der Waals surface area contributed by atoms with Crippen molar-refractivity contribution in [1.82, 2.24) is 4.98 Å². The molecular formula is C17H14N2O2. The van der Waals surface area contributed by atoms with Gasteiger partial charge in [-0.05, 0) is 18.2 Å². The number of H-pyrrole nitrogens is 1. The SMILES string of the molecule is Nc1ccccc1/C(=C/c1c[nH]c2ccccc12)C(=O)O. The fourth-order valence-electron chi connectivity index (χ4n) is 2.37. The number of para-hydroxylation sites is 2. The summed E-state index contributed by atoms with van der Waals surface area (Å²) in [6, 6.07) is 14.7. The van der Waals surface area contributed by atoms with E-state index < -0.39 is 5.97 Å². The number of hydrogen-bond acceptors (Lipinski definition) is 2. The molecule has 0 bridgehead atoms. The Morgan fingerprint density at radius 2 is 1.81 bits per heavy atom. The summed E-state index contributed by atoms with van der Waals surface area (Å²) in [5.74, 6) is -1.00. The fraction of sp³-hybridized carbons (Fsp3) is 0. The summed E-state index contributed by atoms with van der Waals surface area (Å²) in [6.45, 7) is 0. The van der Waals surface area contributed by atoms with Gasteiger partial charge >= 0.3 is 5.97 Å². The zero-order chi connectivity index (χ0) is 14.8. The van der Waals surface area contributed by atoms with Crippen molar-refractivity contribution in [1.29, 1.82) is 0 Å².